The summed E-state index contributed by atoms with van der Waals surface area (Å²) in [5.41, 5.74) is 3.57. The Morgan fingerprint density at radius 1 is 0.842 bits per heavy atom. The van der Waals surface area contributed by atoms with Crippen LogP contribution < -0.4 is 4.90 Å². The standard InChI is InChI=1S/C16H13NO2/c1-10-7-8-11(2)14(9-10)17-15(18)12-5-3-4-6-13(12)16(17)19/h3-9H,1-2H3. The van der Waals surface area contributed by atoms with Gasteiger partial charge in [-0.15, -0.1) is 0 Å². The van der Waals surface area contributed by atoms with Gasteiger partial charge >= 0.3 is 0 Å². The van der Waals surface area contributed by atoms with Crippen LogP contribution in [0.3, 0.4) is 0 Å². The van der Waals surface area contributed by atoms with E-state index in [0.29, 0.717) is 16.8 Å². The number of nitrogens with zero attached hydrogens (tertiary/aromatic N) is 1. The van der Waals surface area contributed by atoms with Gasteiger partial charge in [0, 0.05) is 0 Å². The van der Waals surface area contributed by atoms with E-state index in [9.17, 15) is 9.59 Å². The Hall–Kier alpha value is -2.42. The van der Waals surface area contributed by atoms with Gasteiger partial charge in [-0.1, -0.05) is 24.3 Å². The molecule has 0 radical (unpaired) electrons. The van der Waals surface area contributed by atoms with Crippen LogP contribution in [0, 0.1) is 13.8 Å². The first-order chi connectivity index (χ1) is 9.09. The van der Waals surface area contributed by atoms with Gasteiger partial charge in [0.1, 0.15) is 0 Å². The van der Waals surface area contributed by atoms with Crippen LogP contribution in [0.15, 0.2) is 42.5 Å². The summed E-state index contributed by atoms with van der Waals surface area (Å²) in [7, 11) is 0. The van der Waals surface area contributed by atoms with Gasteiger partial charge in [0.25, 0.3) is 11.8 Å². The number of anilines is 1. The highest BCUT2D eigenvalue weighted by atomic mass is 16.2. The zero-order valence-corrected chi connectivity index (χ0v) is 10.8. The van der Waals surface area contributed by atoms with E-state index in [-0.39, 0.29) is 11.8 Å². The summed E-state index contributed by atoms with van der Waals surface area (Å²) >= 11 is 0. The summed E-state index contributed by atoms with van der Waals surface area (Å²) in [6, 6.07) is 12.7. The summed E-state index contributed by atoms with van der Waals surface area (Å²) in [6.07, 6.45) is 0. The molecule has 19 heavy (non-hydrogen) atoms. The highest BCUT2D eigenvalue weighted by Gasteiger charge is 2.36. The number of benzene rings is 2. The van der Waals surface area contributed by atoms with Gasteiger partial charge < -0.3 is 0 Å². The SMILES string of the molecule is Cc1ccc(C)c(N2C(=O)c3ccccc3C2=O)c1. The first-order valence-electron chi connectivity index (χ1n) is 6.14. The van der Waals surface area contributed by atoms with Crippen molar-refractivity contribution in [2.24, 2.45) is 0 Å². The van der Waals surface area contributed by atoms with Crippen LogP contribution in [0.2, 0.25) is 0 Å². The van der Waals surface area contributed by atoms with Crippen molar-refractivity contribution in [3.8, 4) is 0 Å². The van der Waals surface area contributed by atoms with Crippen molar-refractivity contribution < 1.29 is 9.59 Å². The molecule has 0 aliphatic carbocycles. The van der Waals surface area contributed by atoms with E-state index >= 15 is 0 Å². The number of amides is 2. The van der Waals surface area contributed by atoms with Gasteiger partial charge in [-0.05, 0) is 43.2 Å². The fourth-order valence-electron chi connectivity index (χ4n) is 2.37. The summed E-state index contributed by atoms with van der Waals surface area (Å²) in [6.45, 7) is 3.85. The lowest BCUT2D eigenvalue weighted by atomic mass is 10.1. The van der Waals surface area contributed by atoms with E-state index in [1.165, 1.54) is 4.90 Å². The van der Waals surface area contributed by atoms with Crippen molar-refractivity contribution in [1.82, 2.24) is 0 Å². The Balaban J connectivity index is 2.17. The lowest BCUT2D eigenvalue weighted by molar-refractivity contribution is 0.0926. The molecule has 0 N–H and O–H groups in total. The van der Waals surface area contributed by atoms with E-state index in [1.54, 1.807) is 24.3 Å². The highest BCUT2D eigenvalue weighted by Crippen LogP contribution is 2.30. The van der Waals surface area contributed by atoms with E-state index in [0.717, 1.165) is 11.1 Å². The Morgan fingerprint density at radius 3 is 2.00 bits per heavy atom. The van der Waals surface area contributed by atoms with Gasteiger partial charge in [0.05, 0.1) is 16.8 Å². The van der Waals surface area contributed by atoms with Crippen molar-refractivity contribution in [3.63, 3.8) is 0 Å². The number of aryl methyl sites for hydroxylation is 2. The summed E-state index contributed by atoms with van der Waals surface area (Å²) < 4.78 is 0. The summed E-state index contributed by atoms with van der Waals surface area (Å²) in [4.78, 5) is 26.0. The minimum absolute atomic E-state index is 0.241. The molecule has 0 unspecified atom stereocenters. The number of carbonyl (C=O) groups is 2. The van der Waals surface area contributed by atoms with Crippen LogP contribution in [0.25, 0.3) is 0 Å². The molecular formula is C16H13NO2. The number of carbonyl (C=O) groups excluding carboxylic acids is 2. The van der Waals surface area contributed by atoms with Gasteiger partial charge in [-0.2, -0.15) is 0 Å². The molecule has 2 aromatic carbocycles. The zero-order valence-electron chi connectivity index (χ0n) is 10.8. The van der Waals surface area contributed by atoms with Gasteiger partial charge in [-0.3, -0.25) is 9.59 Å². The third kappa shape index (κ3) is 1.66. The average molecular weight is 251 g/mol. The van der Waals surface area contributed by atoms with Crippen LogP contribution in [0.4, 0.5) is 5.69 Å². The quantitative estimate of drug-likeness (QED) is 0.730. The maximum Gasteiger partial charge on any atom is 0.266 e. The maximum absolute atomic E-state index is 12.4. The van der Waals surface area contributed by atoms with Gasteiger partial charge in [0.2, 0.25) is 0 Å². The van der Waals surface area contributed by atoms with Crippen molar-refractivity contribution in [2.75, 3.05) is 4.90 Å². The van der Waals surface area contributed by atoms with E-state index < -0.39 is 0 Å². The third-order valence-corrected chi connectivity index (χ3v) is 3.40. The molecule has 2 aromatic rings. The molecule has 1 heterocycles. The minimum atomic E-state index is -0.241. The highest BCUT2D eigenvalue weighted by molar-refractivity contribution is 6.34. The molecule has 1 aliphatic heterocycles. The smallest absolute Gasteiger partial charge is 0.266 e. The second-order valence-electron chi connectivity index (χ2n) is 4.78. The lowest BCUT2D eigenvalue weighted by Crippen LogP contribution is -2.30. The zero-order chi connectivity index (χ0) is 13.6. The van der Waals surface area contributed by atoms with Gasteiger partial charge in [0.15, 0.2) is 0 Å². The third-order valence-electron chi connectivity index (χ3n) is 3.40. The normalized spacial score (nSPS) is 13.9. The molecular weight excluding hydrogens is 238 g/mol. The Bertz CT molecular complexity index is 669. The van der Waals surface area contributed by atoms with Crippen LogP contribution in [0.1, 0.15) is 31.8 Å². The fraction of sp³-hybridized carbons (Fsp3) is 0.125. The second kappa shape index (κ2) is 4.05. The molecule has 0 aromatic heterocycles. The number of rotatable bonds is 1. The molecule has 1 aliphatic rings. The Labute approximate surface area is 111 Å². The molecule has 3 nitrogen and oxygen atoms in total. The summed E-state index contributed by atoms with van der Waals surface area (Å²) in [5.74, 6) is -0.483. The average Bonchev–Trinajstić information content (AvgIpc) is 2.66. The summed E-state index contributed by atoms with van der Waals surface area (Å²) in [5, 5.41) is 0. The second-order valence-corrected chi connectivity index (χ2v) is 4.78. The Kier molecular flexibility index (Phi) is 2.49. The first kappa shape index (κ1) is 11.7. The molecule has 0 fully saturated rings. The Morgan fingerprint density at radius 2 is 1.42 bits per heavy atom. The van der Waals surface area contributed by atoms with Crippen molar-refractivity contribution in [1.29, 1.82) is 0 Å². The predicted molar refractivity (Wildman–Crippen MR) is 73.5 cm³/mol. The molecule has 2 amide bonds. The molecule has 0 atom stereocenters. The lowest BCUT2D eigenvalue weighted by Gasteiger charge is -2.17. The van der Waals surface area contributed by atoms with Crippen molar-refractivity contribution in [2.45, 2.75) is 13.8 Å². The van der Waals surface area contributed by atoms with Crippen LogP contribution >= 0.6 is 0 Å². The first-order valence-corrected chi connectivity index (χ1v) is 6.14. The number of fused-ring (bicyclic) bond motifs is 1. The predicted octanol–water partition coefficient (Wildman–Crippen LogP) is 3.10. The van der Waals surface area contributed by atoms with E-state index in [4.69, 9.17) is 0 Å². The number of hydrogen-bond donors (Lipinski definition) is 0. The topological polar surface area (TPSA) is 37.4 Å². The maximum atomic E-state index is 12.4. The molecule has 3 rings (SSSR count). The largest absolute Gasteiger partial charge is 0.268 e. The van der Waals surface area contributed by atoms with Crippen LogP contribution in [0.5, 0.6) is 0 Å². The molecule has 0 saturated heterocycles. The van der Waals surface area contributed by atoms with Gasteiger partial charge in [-0.25, -0.2) is 4.90 Å². The van der Waals surface area contributed by atoms with E-state index in [2.05, 4.69) is 0 Å². The monoisotopic (exact) mass is 251 g/mol. The van der Waals surface area contributed by atoms with Crippen LogP contribution in [-0.4, -0.2) is 11.8 Å². The van der Waals surface area contributed by atoms with Crippen molar-refractivity contribution in [3.05, 3.63) is 64.7 Å². The fourth-order valence-corrected chi connectivity index (χ4v) is 2.37. The number of imide groups is 1. The number of hydrogen-bond acceptors (Lipinski definition) is 2. The molecule has 0 spiro atoms. The molecule has 94 valence electrons. The minimum Gasteiger partial charge on any atom is -0.268 e. The van der Waals surface area contributed by atoms with Crippen LogP contribution in [-0.2, 0) is 0 Å². The molecule has 0 saturated carbocycles. The molecule has 3 heteroatoms. The molecule has 0 bridgehead atoms. The van der Waals surface area contributed by atoms with Crippen molar-refractivity contribution >= 4 is 17.5 Å². The van der Waals surface area contributed by atoms with E-state index in [1.807, 2.05) is 32.0 Å².